The third-order valence-corrected chi connectivity index (χ3v) is 5.66. The Morgan fingerprint density at radius 2 is 1.85 bits per heavy atom. The number of thiophene rings is 1. The van der Waals surface area contributed by atoms with E-state index in [4.69, 9.17) is 11.6 Å². The Hall–Kier alpha value is -0.350. The summed E-state index contributed by atoms with van der Waals surface area (Å²) in [7, 11) is 0. The predicted octanol–water partition coefficient (Wildman–Crippen LogP) is 5.87. The fourth-order valence-corrected chi connectivity index (χ4v) is 4.20. The lowest BCUT2D eigenvalue weighted by molar-refractivity contribution is 0.605. The summed E-state index contributed by atoms with van der Waals surface area (Å²) in [6.45, 7) is 7.46. The van der Waals surface area contributed by atoms with Crippen LogP contribution in [-0.4, -0.2) is 6.54 Å². The molecule has 0 spiro atoms. The topological polar surface area (TPSA) is 12.0 Å². The average Bonchev–Trinajstić information content (AvgIpc) is 2.69. The van der Waals surface area contributed by atoms with Crippen molar-refractivity contribution >= 4 is 38.9 Å². The molecular formula is C16H19BrClNS. The number of hydrogen-bond donors (Lipinski definition) is 1. The van der Waals surface area contributed by atoms with Crippen molar-refractivity contribution in [2.45, 2.75) is 33.2 Å². The van der Waals surface area contributed by atoms with Gasteiger partial charge in [-0.3, -0.25) is 0 Å². The molecule has 1 nitrogen and oxygen atoms in total. The van der Waals surface area contributed by atoms with Crippen LogP contribution in [0.25, 0.3) is 0 Å². The van der Waals surface area contributed by atoms with E-state index in [9.17, 15) is 0 Å². The lowest BCUT2D eigenvalue weighted by Gasteiger charge is -2.19. The van der Waals surface area contributed by atoms with E-state index >= 15 is 0 Å². The SMILES string of the molecule is CCCNC(c1cc(C)cc(C)c1)c1cc(Cl)c(Br)s1. The molecule has 1 unspecified atom stereocenters. The van der Waals surface area contributed by atoms with Gasteiger partial charge in [0.25, 0.3) is 0 Å². The zero-order chi connectivity index (χ0) is 14.7. The van der Waals surface area contributed by atoms with Crippen LogP contribution in [0, 0.1) is 13.8 Å². The molecule has 0 fully saturated rings. The van der Waals surface area contributed by atoms with Crippen molar-refractivity contribution in [1.29, 1.82) is 0 Å². The molecule has 0 aliphatic rings. The quantitative estimate of drug-likeness (QED) is 0.692. The van der Waals surface area contributed by atoms with Crippen molar-refractivity contribution in [3.05, 3.63) is 54.6 Å². The van der Waals surface area contributed by atoms with Gasteiger partial charge < -0.3 is 5.32 Å². The lowest BCUT2D eigenvalue weighted by Crippen LogP contribution is -2.22. The van der Waals surface area contributed by atoms with Gasteiger partial charge in [-0.05, 0) is 54.4 Å². The summed E-state index contributed by atoms with van der Waals surface area (Å²) in [5, 5.41) is 4.42. The molecule has 1 aromatic carbocycles. The number of halogens is 2. The molecule has 1 heterocycles. The number of benzene rings is 1. The molecule has 0 amide bonds. The van der Waals surface area contributed by atoms with Crippen LogP contribution >= 0.6 is 38.9 Å². The number of rotatable bonds is 5. The van der Waals surface area contributed by atoms with Gasteiger partial charge in [0.05, 0.1) is 14.9 Å². The summed E-state index contributed by atoms with van der Waals surface area (Å²) >= 11 is 11.4. The highest BCUT2D eigenvalue weighted by atomic mass is 79.9. The Labute approximate surface area is 138 Å². The molecule has 20 heavy (non-hydrogen) atoms. The predicted molar refractivity (Wildman–Crippen MR) is 93.1 cm³/mol. The molecule has 0 saturated heterocycles. The summed E-state index contributed by atoms with van der Waals surface area (Å²) in [5.74, 6) is 0. The van der Waals surface area contributed by atoms with Crippen molar-refractivity contribution in [3.63, 3.8) is 0 Å². The zero-order valence-corrected chi connectivity index (χ0v) is 15.1. The lowest BCUT2D eigenvalue weighted by atomic mass is 10.00. The molecule has 2 rings (SSSR count). The van der Waals surface area contributed by atoms with Crippen LogP contribution in [0.1, 0.15) is 41.0 Å². The largest absolute Gasteiger partial charge is 0.306 e. The maximum absolute atomic E-state index is 6.19. The Morgan fingerprint density at radius 3 is 2.35 bits per heavy atom. The summed E-state index contributed by atoms with van der Waals surface area (Å²) in [6.07, 6.45) is 1.11. The molecule has 108 valence electrons. The fraction of sp³-hybridized carbons (Fsp3) is 0.375. The normalized spacial score (nSPS) is 12.7. The van der Waals surface area contributed by atoms with Crippen LogP contribution in [0.2, 0.25) is 5.02 Å². The molecular weight excluding hydrogens is 354 g/mol. The smallest absolute Gasteiger partial charge is 0.0888 e. The minimum Gasteiger partial charge on any atom is -0.306 e. The summed E-state index contributed by atoms with van der Waals surface area (Å²) < 4.78 is 1.00. The number of nitrogens with one attached hydrogen (secondary N) is 1. The van der Waals surface area contributed by atoms with E-state index < -0.39 is 0 Å². The van der Waals surface area contributed by atoms with Crippen molar-refractivity contribution in [3.8, 4) is 0 Å². The van der Waals surface area contributed by atoms with Gasteiger partial charge in [0.1, 0.15) is 0 Å². The van der Waals surface area contributed by atoms with E-state index in [2.05, 4.69) is 66.3 Å². The molecule has 0 aliphatic heterocycles. The van der Waals surface area contributed by atoms with Crippen molar-refractivity contribution in [1.82, 2.24) is 5.32 Å². The standard InChI is InChI=1S/C16H19BrClNS/c1-4-5-19-15(14-9-13(18)16(17)20-14)12-7-10(2)6-11(3)8-12/h6-9,15,19H,4-5H2,1-3H3. The molecule has 0 radical (unpaired) electrons. The van der Waals surface area contributed by atoms with Crippen LogP contribution in [0.5, 0.6) is 0 Å². The Balaban J connectivity index is 2.40. The number of aryl methyl sites for hydroxylation is 2. The van der Waals surface area contributed by atoms with E-state index in [1.807, 2.05) is 0 Å². The highest BCUT2D eigenvalue weighted by Gasteiger charge is 2.18. The third-order valence-electron chi connectivity index (χ3n) is 3.12. The van der Waals surface area contributed by atoms with Gasteiger partial charge in [0.15, 0.2) is 0 Å². The van der Waals surface area contributed by atoms with Crippen LogP contribution in [0.3, 0.4) is 0 Å². The maximum Gasteiger partial charge on any atom is 0.0888 e. The summed E-state index contributed by atoms with van der Waals surface area (Å²) in [6, 6.07) is 8.98. The highest BCUT2D eigenvalue weighted by Crippen LogP contribution is 2.37. The molecule has 0 bridgehead atoms. The minimum atomic E-state index is 0.211. The van der Waals surface area contributed by atoms with E-state index in [-0.39, 0.29) is 6.04 Å². The van der Waals surface area contributed by atoms with Gasteiger partial charge in [0.2, 0.25) is 0 Å². The first-order valence-corrected chi connectivity index (χ1v) is 8.76. The fourth-order valence-electron chi connectivity index (χ4n) is 2.35. The van der Waals surface area contributed by atoms with Gasteiger partial charge in [-0.1, -0.05) is 47.9 Å². The first-order chi connectivity index (χ1) is 9.51. The van der Waals surface area contributed by atoms with Crippen molar-refractivity contribution in [2.24, 2.45) is 0 Å². The van der Waals surface area contributed by atoms with Gasteiger partial charge in [0, 0.05) is 4.88 Å². The van der Waals surface area contributed by atoms with Crippen molar-refractivity contribution in [2.75, 3.05) is 6.54 Å². The third kappa shape index (κ3) is 3.85. The maximum atomic E-state index is 6.19. The molecule has 1 aromatic heterocycles. The molecule has 1 N–H and O–H groups in total. The molecule has 0 saturated carbocycles. The first-order valence-electron chi connectivity index (χ1n) is 6.77. The van der Waals surface area contributed by atoms with E-state index in [1.165, 1.54) is 21.6 Å². The van der Waals surface area contributed by atoms with Crippen LogP contribution in [0.15, 0.2) is 28.1 Å². The second-order valence-corrected chi connectivity index (χ2v) is 7.89. The zero-order valence-electron chi connectivity index (χ0n) is 12.0. The van der Waals surface area contributed by atoms with E-state index in [1.54, 1.807) is 11.3 Å². The van der Waals surface area contributed by atoms with E-state index in [0.717, 1.165) is 21.8 Å². The van der Waals surface area contributed by atoms with Crippen molar-refractivity contribution < 1.29 is 0 Å². The molecule has 0 aliphatic carbocycles. The summed E-state index contributed by atoms with van der Waals surface area (Å²) in [5.41, 5.74) is 3.90. The highest BCUT2D eigenvalue weighted by molar-refractivity contribution is 9.11. The van der Waals surface area contributed by atoms with Gasteiger partial charge in [-0.15, -0.1) is 11.3 Å². The van der Waals surface area contributed by atoms with Crippen LogP contribution in [0.4, 0.5) is 0 Å². The molecule has 2 aromatic rings. The first kappa shape index (κ1) is 16.0. The second-order valence-electron chi connectivity index (χ2n) is 5.08. The monoisotopic (exact) mass is 371 g/mol. The van der Waals surface area contributed by atoms with Crippen LogP contribution in [-0.2, 0) is 0 Å². The van der Waals surface area contributed by atoms with Gasteiger partial charge in [-0.25, -0.2) is 0 Å². The Bertz CT molecular complexity index is 554. The molecule has 1 atom stereocenters. The number of hydrogen-bond acceptors (Lipinski definition) is 2. The van der Waals surface area contributed by atoms with Gasteiger partial charge >= 0.3 is 0 Å². The minimum absolute atomic E-state index is 0.211. The van der Waals surface area contributed by atoms with Gasteiger partial charge in [-0.2, -0.15) is 0 Å². The Morgan fingerprint density at radius 1 is 1.20 bits per heavy atom. The Kier molecular flexibility index (Phi) is 5.67. The molecule has 4 heteroatoms. The second kappa shape index (κ2) is 7.08. The van der Waals surface area contributed by atoms with E-state index in [0.29, 0.717) is 0 Å². The average molecular weight is 373 g/mol. The summed E-state index contributed by atoms with van der Waals surface area (Å²) in [4.78, 5) is 1.25. The van der Waals surface area contributed by atoms with Crippen LogP contribution < -0.4 is 5.32 Å².